The SMILES string of the molecule is CN(C)C(=O)ONC(Cc1ccccc1)C(=O)OCCN1CCOCC1. The van der Waals surface area contributed by atoms with Crippen molar-refractivity contribution in [2.75, 3.05) is 53.6 Å². The molecule has 1 heterocycles. The molecule has 1 aliphatic rings. The Morgan fingerprint density at radius 1 is 1.23 bits per heavy atom. The van der Waals surface area contributed by atoms with E-state index in [1.807, 2.05) is 30.3 Å². The molecule has 1 amide bonds. The van der Waals surface area contributed by atoms with E-state index in [0.717, 1.165) is 18.7 Å². The van der Waals surface area contributed by atoms with E-state index in [9.17, 15) is 9.59 Å². The van der Waals surface area contributed by atoms with Gasteiger partial charge in [-0.15, -0.1) is 5.48 Å². The lowest BCUT2D eigenvalue weighted by atomic mass is 10.1. The minimum Gasteiger partial charge on any atom is -0.463 e. The molecule has 2 rings (SSSR count). The molecule has 1 saturated heterocycles. The van der Waals surface area contributed by atoms with Crippen LogP contribution in [0.1, 0.15) is 5.56 Å². The summed E-state index contributed by atoms with van der Waals surface area (Å²) in [5.74, 6) is -0.450. The molecule has 0 bridgehead atoms. The molecule has 0 radical (unpaired) electrons. The lowest BCUT2D eigenvalue weighted by Crippen LogP contribution is -2.44. The summed E-state index contributed by atoms with van der Waals surface area (Å²) in [4.78, 5) is 32.5. The Balaban J connectivity index is 1.85. The first kappa shape index (κ1) is 20.2. The average molecular weight is 365 g/mol. The number of hydroxylamine groups is 1. The first-order chi connectivity index (χ1) is 12.6. The molecule has 1 aromatic carbocycles. The quantitative estimate of drug-likeness (QED) is 0.536. The van der Waals surface area contributed by atoms with Gasteiger partial charge in [-0.05, 0) is 5.56 Å². The predicted octanol–water partition coefficient (Wildman–Crippen LogP) is 0.676. The fourth-order valence-electron chi connectivity index (χ4n) is 2.44. The molecule has 1 fully saturated rings. The summed E-state index contributed by atoms with van der Waals surface area (Å²) in [5.41, 5.74) is 3.48. The number of ether oxygens (including phenoxy) is 2. The van der Waals surface area contributed by atoms with Crippen molar-refractivity contribution in [3.05, 3.63) is 35.9 Å². The van der Waals surface area contributed by atoms with E-state index >= 15 is 0 Å². The van der Waals surface area contributed by atoms with Gasteiger partial charge in [-0.1, -0.05) is 30.3 Å². The highest BCUT2D eigenvalue weighted by atomic mass is 16.7. The highest BCUT2D eigenvalue weighted by Gasteiger charge is 2.23. The summed E-state index contributed by atoms with van der Waals surface area (Å²) in [5, 5.41) is 0. The van der Waals surface area contributed by atoms with Crippen molar-refractivity contribution in [3.63, 3.8) is 0 Å². The highest BCUT2D eigenvalue weighted by molar-refractivity contribution is 5.76. The van der Waals surface area contributed by atoms with Gasteiger partial charge in [0.15, 0.2) is 0 Å². The largest absolute Gasteiger partial charge is 0.463 e. The van der Waals surface area contributed by atoms with Crippen molar-refractivity contribution in [2.24, 2.45) is 0 Å². The number of carbonyl (C=O) groups excluding carboxylic acids is 2. The minimum atomic E-state index is -0.772. The summed E-state index contributed by atoms with van der Waals surface area (Å²) in [6.45, 7) is 4.02. The lowest BCUT2D eigenvalue weighted by Gasteiger charge is -2.26. The van der Waals surface area contributed by atoms with Crippen LogP contribution >= 0.6 is 0 Å². The van der Waals surface area contributed by atoms with Crippen LogP contribution in [0.15, 0.2) is 30.3 Å². The Bertz CT molecular complexity index is 561. The van der Waals surface area contributed by atoms with E-state index in [2.05, 4.69) is 10.4 Å². The molecule has 8 nitrogen and oxygen atoms in total. The maximum atomic E-state index is 12.4. The smallest absolute Gasteiger partial charge is 0.428 e. The van der Waals surface area contributed by atoms with Gasteiger partial charge in [0.05, 0.1) is 13.2 Å². The Labute approximate surface area is 153 Å². The summed E-state index contributed by atoms with van der Waals surface area (Å²) in [6, 6.07) is 8.72. The molecule has 0 saturated carbocycles. The standard InChI is InChI=1S/C18H27N3O5/c1-20(2)18(23)26-19-16(14-15-6-4-3-5-7-15)17(22)25-13-10-21-8-11-24-12-9-21/h3-7,16,19H,8-14H2,1-2H3. The van der Waals surface area contributed by atoms with Crippen LogP contribution in [-0.2, 0) is 25.5 Å². The molecule has 8 heteroatoms. The molecule has 1 unspecified atom stereocenters. The number of esters is 1. The van der Waals surface area contributed by atoms with E-state index < -0.39 is 18.1 Å². The van der Waals surface area contributed by atoms with Gasteiger partial charge in [0.2, 0.25) is 0 Å². The number of benzene rings is 1. The zero-order valence-electron chi connectivity index (χ0n) is 15.3. The van der Waals surface area contributed by atoms with Crippen molar-refractivity contribution in [1.82, 2.24) is 15.3 Å². The summed E-state index contributed by atoms with van der Waals surface area (Å²) < 4.78 is 10.7. The maximum Gasteiger partial charge on any atom is 0.428 e. The average Bonchev–Trinajstić information content (AvgIpc) is 2.66. The molecule has 1 aliphatic heterocycles. The third-order valence-electron chi connectivity index (χ3n) is 3.98. The van der Waals surface area contributed by atoms with E-state index in [-0.39, 0.29) is 6.61 Å². The number of hydrogen-bond acceptors (Lipinski definition) is 7. The Kier molecular flexibility index (Phi) is 8.33. The highest BCUT2D eigenvalue weighted by Crippen LogP contribution is 2.06. The van der Waals surface area contributed by atoms with Gasteiger partial charge in [-0.3, -0.25) is 9.69 Å². The molecule has 1 N–H and O–H groups in total. The van der Waals surface area contributed by atoms with Crippen molar-refractivity contribution >= 4 is 12.1 Å². The molecule has 26 heavy (non-hydrogen) atoms. The second kappa shape index (κ2) is 10.7. The third kappa shape index (κ3) is 6.99. The predicted molar refractivity (Wildman–Crippen MR) is 95.5 cm³/mol. The topological polar surface area (TPSA) is 80.3 Å². The molecule has 0 aliphatic carbocycles. The molecule has 1 atom stereocenters. The van der Waals surface area contributed by atoms with Crippen molar-refractivity contribution < 1.29 is 23.9 Å². The minimum absolute atomic E-state index is 0.285. The van der Waals surface area contributed by atoms with E-state index in [4.69, 9.17) is 14.3 Å². The normalized spacial score (nSPS) is 15.9. The van der Waals surface area contributed by atoms with Gasteiger partial charge in [0, 0.05) is 40.2 Å². The van der Waals surface area contributed by atoms with Crippen molar-refractivity contribution in [2.45, 2.75) is 12.5 Å². The molecule has 0 spiro atoms. The van der Waals surface area contributed by atoms with Crippen LogP contribution in [0, 0.1) is 0 Å². The number of rotatable bonds is 8. The van der Waals surface area contributed by atoms with Crippen molar-refractivity contribution in [3.8, 4) is 0 Å². The van der Waals surface area contributed by atoms with E-state index in [0.29, 0.717) is 26.2 Å². The number of morpholine rings is 1. The van der Waals surface area contributed by atoms with Crippen LogP contribution in [0.2, 0.25) is 0 Å². The Hall–Kier alpha value is -2.16. The van der Waals surface area contributed by atoms with Gasteiger partial charge >= 0.3 is 12.1 Å². The van der Waals surface area contributed by atoms with E-state index in [1.165, 1.54) is 4.90 Å². The van der Waals surface area contributed by atoms with Gasteiger partial charge in [0.1, 0.15) is 12.6 Å². The molecular formula is C18H27N3O5. The van der Waals surface area contributed by atoms with Crippen LogP contribution in [0.25, 0.3) is 0 Å². The Morgan fingerprint density at radius 3 is 2.58 bits per heavy atom. The van der Waals surface area contributed by atoms with Gasteiger partial charge in [-0.2, -0.15) is 0 Å². The fraction of sp³-hybridized carbons (Fsp3) is 0.556. The number of hydrogen-bond donors (Lipinski definition) is 1. The third-order valence-corrected chi connectivity index (χ3v) is 3.98. The number of nitrogens with one attached hydrogen (secondary N) is 1. The fourth-order valence-corrected chi connectivity index (χ4v) is 2.44. The zero-order valence-corrected chi connectivity index (χ0v) is 15.3. The zero-order chi connectivity index (χ0) is 18.8. The van der Waals surface area contributed by atoms with Gasteiger partial charge < -0.3 is 19.2 Å². The summed E-state index contributed by atoms with van der Waals surface area (Å²) in [7, 11) is 3.13. The van der Waals surface area contributed by atoms with Crippen LogP contribution < -0.4 is 5.48 Å². The Morgan fingerprint density at radius 2 is 1.92 bits per heavy atom. The van der Waals surface area contributed by atoms with Crippen LogP contribution in [0.5, 0.6) is 0 Å². The van der Waals surface area contributed by atoms with Gasteiger partial charge in [-0.25, -0.2) is 4.79 Å². The van der Waals surface area contributed by atoms with E-state index in [1.54, 1.807) is 14.1 Å². The van der Waals surface area contributed by atoms with Gasteiger partial charge in [0.25, 0.3) is 0 Å². The van der Waals surface area contributed by atoms with Crippen LogP contribution in [0.4, 0.5) is 4.79 Å². The lowest BCUT2D eigenvalue weighted by molar-refractivity contribution is -0.149. The van der Waals surface area contributed by atoms with Crippen molar-refractivity contribution in [1.29, 1.82) is 0 Å². The summed E-state index contributed by atoms with van der Waals surface area (Å²) >= 11 is 0. The van der Waals surface area contributed by atoms with Crippen LogP contribution in [0.3, 0.4) is 0 Å². The first-order valence-electron chi connectivity index (χ1n) is 8.70. The number of carbonyl (C=O) groups is 2. The monoisotopic (exact) mass is 365 g/mol. The number of amides is 1. The second-order valence-corrected chi connectivity index (χ2v) is 6.24. The first-order valence-corrected chi connectivity index (χ1v) is 8.70. The number of nitrogens with zero attached hydrogens (tertiary/aromatic N) is 2. The second-order valence-electron chi connectivity index (χ2n) is 6.24. The van der Waals surface area contributed by atoms with Crippen LogP contribution in [-0.4, -0.2) is 81.5 Å². The molecule has 144 valence electrons. The summed E-state index contributed by atoms with van der Waals surface area (Å²) in [6.07, 6.45) is -0.220. The maximum absolute atomic E-state index is 12.4. The molecular weight excluding hydrogens is 338 g/mol. The molecule has 0 aromatic heterocycles. The molecule has 1 aromatic rings.